The highest BCUT2D eigenvalue weighted by Crippen LogP contribution is 2.22. The van der Waals surface area contributed by atoms with Crippen LogP contribution in [0, 0.1) is 0 Å². The molecule has 0 bridgehead atoms. The van der Waals surface area contributed by atoms with Gasteiger partial charge in [-0.05, 0) is 12.1 Å². The van der Waals surface area contributed by atoms with Crippen molar-refractivity contribution in [1.82, 2.24) is 14.8 Å². The molecule has 0 fully saturated rings. The third-order valence-corrected chi connectivity index (χ3v) is 2.46. The van der Waals surface area contributed by atoms with Crippen LogP contribution in [0.4, 0.5) is 5.69 Å². The first-order valence-electron chi connectivity index (χ1n) is 5.63. The van der Waals surface area contributed by atoms with Crippen molar-refractivity contribution in [2.24, 2.45) is 0 Å². The van der Waals surface area contributed by atoms with Gasteiger partial charge in [0.1, 0.15) is 30.5 Å². The van der Waals surface area contributed by atoms with E-state index in [9.17, 15) is 14.7 Å². The van der Waals surface area contributed by atoms with Crippen molar-refractivity contribution < 1.29 is 19.4 Å². The van der Waals surface area contributed by atoms with E-state index in [2.05, 4.69) is 20.1 Å². The monoisotopic (exact) mass is 276 g/mol. The summed E-state index contributed by atoms with van der Waals surface area (Å²) < 4.78 is 5.86. The Morgan fingerprint density at radius 1 is 1.45 bits per heavy atom. The quantitative estimate of drug-likeness (QED) is 0.783. The molecule has 1 aromatic heterocycles. The number of nitrogens with zero attached hydrogens (tertiary/aromatic N) is 3. The van der Waals surface area contributed by atoms with Crippen molar-refractivity contribution in [3.8, 4) is 5.75 Å². The minimum absolute atomic E-state index is 0.000481. The van der Waals surface area contributed by atoms with Crippen LogP contribution in [0.5, 0.6) is 5.75 Å². The lowest BCUT2D eigenvalue weighted by Crippen LogP contribution is -2.19. The highest BCUT2D eigenvalue weighted by Gasteiger charge is 2.12. The third kappa shape index (κ3) is 3.10. The molecule has 0 aliphatic carbocycles. The van der Waals surface area contributed by atoms with Gasteiger partial charge in [-0.3, -0.25) is 4.79 Å². The second kappa shape index (κ2) is 5.83. The molecule has 2 aromatic rings. The number of carbonyl (C=O) groups excluding carboxylic acids is 2. The lowest BCUT2D eigenvalue weighted by Gasteiger charge is -2.07. The number of esters is 1. The molecule has 20 heavy (non-hydrogen) atoms. The zero-order valence-corrected chi connectivity index (χ0v) is 10.6. The molecule has 2 N–H and O–H groups in total. The van der Waals surface area contributed by atoms with Gasteiger partial charge in [0, 0.05) is 11.8 Å². The number of phenols is 1. The third-order valence-electron chi connectivity index (χ3n) is 2.46. The Morgan fingerprint density at radius 3 is 2.85 bits per heavy atom. The number of aromatic hydroxyl groups is 1. The van der Waals surface area contributed by atoms with Gasteiger partial charge >= 0.3 is 5.97 Å². The van der Waals surface area contributed by atoms with E-state index in [0.29, 0.717) is 5.69 Å². The Labute approximate surface area is 114 Å². The summed E-state index contributed by atoms with van der Waals surface area (Å²) in [6.45, 7) is -0.000481. The van der Waals surface area contributed by atoms with Gasteiger partial charge in [-0.25, -0.2) is 14.5 Å². The molecule has 0 saturated carbocycles. The average molecular weight is 276 g/mol. The summed E-state index contributed by atoms with van der Waals surface area (Å²) in [7, 11) is 1.22. The predicted octanol–water partition coefficient (Wildman–Crippen LogP) is 0.409. The molecule has 0 atom stereocenters. The number of ether oxygens (including phenoxy) is 1. The van der Waals surface area contributed by atoms with Crippen LogP contribution in [0.15, 0.2) is 30.9 Å². The summed E-state index contributed by atoms with van der Waals surface area (Å²) in [5.41, 5.74) is 0.391. The summed E-state index contributed by atoms with van der Waals surface area (Å²) in [6, 6.07) is 4.13. The zero-order chi connectivity index (χ0) is 14.5. The summed E-state index contributed by atoms with van der Waals surface area (Å²) in [5.74, 6) is -1.25. The zero-order valence-electron chi connectivity index (χ0n) is 10.6. The maximum absolute atomic E-state index is 11.7. The molecule has 1 heterocycles. The van der Waals surface area contributed by atoms with Gasteiger partial charge in [-0.2, -0.15) is 5.10 Å². The SMILES string of the molecule is COC(=O)c1ccc(NC(=O)Cn2cncn2)cc1O. The van der Waals surface area contributed by atoms with Gasteiger partial charge in [0.2, 0.25) is 5.91 Å². The second-order valence-electron chi connectivity index (χ2n) is 3.86. The number of aromatic nitrogens is 3. The molecule has 0 aliphatic heterocycles. The number of hydrogen-bond acceptors (Lipinski definition) is 6. The van der Waals surface area contributed by atoms with E-state index >= 15 is 0 Å². The lowest BCUT2D eigenvalue weighted by atomic mass is 10.2. The molecule has 8 nitrogen and oxygen atoms in total. The first-order chi connectivity index (χ1) is 9.60. The van der Waals surface area contributed by atoms with Gasteiger partial charge in [0.05, 0.1) is 7.11 Å². The Morgan fingerprint density at radius 2 is 2.25 bits per heavy atom. The van der Waals surface area contributed by atoms with Crippen LogP contribution in [-0.4, -0.2) is 38.9 Å². The smallest absolute Gasteiger partial charge is 0.341 e. The Kier molecular flexibility index (Phi) is 3.94. The lowest BCUT2D eigenvalue weighted by molar-refractivity contribution is -0.116. The number of phenolic OH excluding ortho intramolecular Hbond substituents is 1. The number of amides is 1. The van der Waals surface area contributed by atoms with Gasteiger partial charge in [-0.1, -0.05) is 0 Å². The van der Waals surface area contributed by atoms with Crippen LogP contribution in [0.3, 0.4) is 0 Å². The molecule has 0 aliphatic rings. The van der Waals surface area contributed by atoms with Crippen molar-refractivity contribution in [3.05, 3.63) is 36.4 Å². The number of hydrogen-bond donors (Lipinski definition) is 2. The first kappa shape index (κ1) is 13.5. The molecule has 2 rings (SSSR count). The van der Waals surface area contributed by atoms with Crippen molar-refractivity contribution >= 4 is 17.6 Å². The molecule has 1 amide bonds. The number of nitrogens with one attached hydrogen (secondary N) is 1. The van der Waals surface area contributed by atoms with E-state index < -0.39 is 5.97 Å². The van der Waals surface area contributed by atoms with Gasteiger partial charge in [0.25, 0.3) is 0 Å². The van der Waals surface area contributed by atoms with E-state index in [0.717, 1.165) is 0 Å². The molecule has 8 heteroatoms. The number of carbonyl (C=O) groups is 2. The Hall–Kier alpha value is -2.90. The minimum Gasteiger partial charge on any atom is -0.507 e. The molecular weight excluding hydrogens is 264 g/mol. The average Bonchev–Trinajstić information content (AvgIpc) is 2.90. The van der Waals surface area contributed by atoms with E-state index in [1.807, 2.05) is 0 Å². The van der Waals surface area contributed by atoms with E-state index in [-0.39, 0.29) is 23.8 Å². The normalized spacial score (nSPS) is 10.1. The molecule has 0 saturated heterocycles. The first-order valence-corrected chi connectivity index (χ1v) is 5.63. The highest BCUT2D eigenvalue weighted by molar-refractivity contribution is 5.95. The molecule has 0 unspecified atom stereocenters. The number of anilines is 1. The van der Waals surface area contributed by atoms with Gasteiger partial charge in [-0.15, -0.1) is 0 Å². The maximum atomic E-state index is 11.7. The van der Waals surface area contributed by atoms with Crippen molar-refractivity contribution in [2.75, 3.05) is 12.4 Å². The topological polar surface area (TPSA) is 106 Å². The van der Waals surface area contributed by atoms with Crippen LogP contribution >= 0.6 is 0 Å². The van der Waals surface area contributed by atoms with E-state index in [4.69, 9.17) is 0 Å². The van der Waals surface area contributed by atoms with Gasteiger partial charge < -0.3 is 15.2 Å². The summed E-state index contributed by atoms with van der Waals surface area (Å²) in [6.07, 6.45) is 2.74. The highest BCUT2D eigenvalue weighted by atomic mass is 16.5. The summed E-state index contributed by atoms with van der Waals surface area (Å²) in [4.78, 5) is 26.7. The molecule has 104 valence electrons. The van der Waals surface area contributed by atoms with Crippen LogP contribution in [0.25, 0.3) is 0 Å². The fraction of sp³-hybridized carbons (Fsp3) is 0.167. The van der Waals surface area contributed by atoms with Crippen LogP contribution in [0.2, 0.25) is 0 Å². The number of benzene rings is 1. The fourth-order valence-corrected chi connectivity index (χ4v) is 1.55. The molecule has 0 radical (unpaired) electrons. The number of rotatable bonds is 4. The van der Waals surface area contributed by atoms with Crippen LogP contribution in [0.1, 0.15) is 10.4 Å². The molecule has 1 aromatic carbocycles. The Balaban J connectivity index is 2.05. The Bertz CT molecular complexity index is 624. The van der Waals surface area contributed by atoms with Crippen molar-refractivity contribution in [1.29, 1.82) is 0 Å². The van der Waals surface area contributed by atoms with E-state index in [1.54, 1.807) is 0 Å². The fourth-order valence-electron chi connectivity index (χ4n) is 1.55. The second-order valence-corrected chi connectivity index (χ2v) is 3.86. The standard InChI is InChI=1S/C12H12N4O4/c1-20-12(19)9-3-2-8(4-10(9)17)15-11(18)5-16-7-13-6-14-16/h2-4,6-7,17H,5H2,1H3,(H,15,18). The maximum Gasteiger partial charge on any atom is 0.341 e. The predicted molar refractivity (Wildman–Crippen MR) is 68.1 cm³/mol. The van der Waals surface area contributed by atoms with Gasteiger partial charge in [0.15, 0.2) is 0 Å². The van der Waals surface area contributed by atoms with Crippen LogP contribution in [-0.2, 0) is 16.1 Å². The minimum atomic E-state index is -0.650. The van der Waals surface area contributed by atoms with Crippen molar-refractivity contribution in [2.45, 2.75) is 6.54 Å². The summed E-state index contributed by atoms with van der Waals surface area (Å²) in [5, 5.41) is 16.0. The van der Waals surface area contributed by atoms with Crippen molar-refractivity contribution in [3.63, 3.8) is 0 Å². The van der Waals surface area contributed by atoms with E-state index in [1.165, 1.54) is 42.6 Å². The molecular formula is C12H12N4O4. The number of methoxy groups -OCH3 is 1. The summed E-state index contributed by atoms with van der Waals surface area (Å²) >= 11 is 0. The largest absolute Gasteiger partial charge is 0.507 e. The molecule has 0 spiro atoms. The van der Waals surface area contributed by atoms with Crippen LogP contribution < -0.4 is 5.32 Å².